The molecule has 0 aliphatic carbocycles. The van der Waals surface area contributed by atoms with Crippen LogP contribution in [0.2, 0.25) is 0 Å². The molecule has 140 valence electrons. The topological polar surface area (TPSA) is 79.0 Å². The van der Waals surface area contributed by atoms with Crippen LogP contribution in [-0.2, 0) is 11.2 Å². The minimum Gasteiger partial charge on any atom is -0.376 e. The Kier molecular flexibility index (Phi) is 5.34. The van der Waals surface area contributed by atoms with Gasteiger partial charge in [0, 0.05) is 48.6 Å². The van der Waals surface area contributed by atoms with Crippen molar-refractivity contribution in [3.63, 3.8) is 0 Å². The summed E-state index contributed by atoms with van der Waals surface area (Å²) in [5, 5.41) is 7.50. The van der Waals surface area contributed by atoms with Gasteiger partial charge in [-0.25, -0.2) is 4.98 Å². The number of H-pyrrole nitrogens is 1. The summed E-state index contributed by atoms with van der Waals surface area (Å²) in [5.74, 6) is 0.618. The van der Waals surface area contributed by atoms with Gasteiger partial charge < -0.3 is 20.4 Å². The number of hydrogen-bond donors (Lipinski definition) is 3. The number of hydrogen-bond acceptors (Lipinski definition) is 4. The lowest BCUT2D eigenvalue weighted by atomic mass is 10.1. The number of anilines is 1. The van der Waals surface area contributed by atoms with Crippen LogP contribution in [0, 0.1) is 0 Å². The second kappa shape index (κ2) is 8.22. The van der Waals surface area contributed by atoms with E-state index in [0.29, 0.717) is 17.9 Å². The Morgan fingerprint density at radius 1 is 1.30 bits per heavy atom. The monoisotopic (exact) mass is 364 g/mol. The van der Waals surface area contributed by atoms with Crippen LogP contribution < -0.4 is 10.6 Å². The highest BCUT2D eigenvalue weighted by atomic mass is 16.5. The quantitative estimate of drug-likeness (QED) is 0.602. The van der Waals surface area contributed by atoms with Crippen LogP contribution in [0.5, 0.6) is 0 Å². The SMILES string of the molecule is O=C(NCC1CCCO1)c1ccnc(NCCc2c[nH]c3ccccc23)c1. The molecule has 27 heavy (non-hydrogen) atoms. The van der Waals surface area contributed by atoms with Gasteiger partial charge in [0.05, 0.1) is 6.10 Å². The van der Waals surface area contributed by atoms with E-state index in [4.69, 9.17) is 4.74 Å². The Morgan fingerprint density at radius 2 is 2.22 bits per heavy atom. The van der Waals surface area contributed by atoms with Gasteiger partial charge in [-0.05, 0) is 43.0 Å². The number of amides is 1. The fraction of sp³-hybridized carbons (Fsp3) is 0.333. The van der Waals surface area contributed by atoms with E-state index in [9.17, 15) is 4.79 Å². The molecule has 6 heteroatoms. The molecule has 1 aliphatic heterocycles. The summed E-state index contributed by atoms with van der Waals surface area (Å²) in [7, 11) is 0. The molecular formula is C21H24N4O2. The van der Waals surface area contributed by atoms with E-state index < -0.39 is 0 Å². The third kappa shape index (κ3) is 4.28. The average Bonchev–Trinajstić information content (AvgIpc) is 3.37. The molecule has 6 nitrogen and oxygen atoms in total. The van der Waals surface area contributed by atoms with Gasteiger partial charge in [0.1, 0.15) is 5.82 Å². The van der Waals surface area contributed by atoms with Crippen molar-refractivity contribution < 1.29 is 9.53 Å². The number of aromatic amines is 1. The molecule has 1 amide bonds. The fourth-order valence-electron chi connectivity index (χ4n) is 3.45. The fourth-order valence-corrected chi connectivity index (χ4v) is 3.45. The van der Waals surface area contributed by atoms with Crippen molar-refractivity contribution in [2.45, 2.75) is 25.4 Å². The van der Waals surface area contributed by atoms with Gasteiger partial charge in [-0.1, -0.05) is 18.2 Å². The number of ether oxygens (including phenoxy) is 1. The smallest absolute Gasteiger partial charge is 0.251 e. The molecule has 0 spiro atoms. The Morgan fingerprint density at radius 3 is 3.11 bits per heavy atom. The zero-order chi connectivity index (χ0) is 18.5. The zero-order valence-electron chi connectivity index (χ0n) is 15.2. The molecule has 3 aromatic rings. The van der Waals surface area contributed by atoms with E-state index >= 15 is 0 Å². The number of nitrogens with one attached hydrogen (secondary N) is 3. The van der Waals surface area contributed by atoms with E-state index in [1.165, 1.54) is 10.9 Å². The third-order valence-corrected chi connectivity index (χ3v) is 4.91. The minimum absolute atomic E-state index is 0.0902. The maximum Gasteiger partial charge on any atom is 0.251 e. The summed E-state index contributed by atoms with van der Waals surface area (Å²) in [6.07, 6.45) is 6.81. The van der Waals surface area contributed by atoms with Crippen LogP contribution >= 0.6 is 0 Å². The summed E-state index contributed by atoms with van der Waals surface area (Å²) in [6.45, 7) is 2.10. The summed E-state index contributed by atoms with van der Waals surface area (Å²) >= 11 is 0. The van der Waals surface area contributed by atoms with Crippen molar-refractivity contribution in [2.24, 2.45) is 0 Å². The molecule has 3 N–H and O–H groups in total. The molecule has 1 aliphatic rings. The van der Waals surface area contributed by atoms with Crippen LogP contribution in [0.25, 0.3) is 10.9 Å². The zero-order valence-corrected chi connectivity index (χ0v) is 15.2. The maximum absolute atomic E-state index is 12.3. The second-order valence-electron chi connectivity index (χ2n) is 6.81. The standard InChI is InChI=1S/C21H24N4O2/c26-21(25-14-17-4-3-11-27-17)15-7-9-22-20(12-15)23-10-8-16-13-24-19-6-2-1-5-18(16)19/h1-2,5-7,9,12-13,17,24H,3-4,8,10-11,14H2,(H,22,23)(H,25,26). The predicted octanol–water partition coefficient (Wildman–Crippen LogP) is 3.13. The molecule has 1 saturated heterocycles. The van der Waals surface area contributed by atoms with Crippen LogP contribution in [0.3, 0.4) is 0 Å². The van der Waals surface area contributed by atoms with E-state index in [0.717, 1.165) is 37.9 Å². The van der Waals surface area contributed by atoms with Gasteiger partial charge in [-0.3, -0.25) is 4.79 Å². The summed E-state index contributed by atoms with van der Waals surface area (Å²) in [4.78, 5) is 19.9. The first-order valence-corrected chi connectivity index (χ1v) is 9.44. The highest BCUT2D eigenvalue weighted by Gasteiger charge is 2.16. The highest BCUT2D eigenvalue weighted by molar-refractivity contribution is 5.94. The lowest BCUT2D eigenvalue weighted by Crippen LogP contribution is -2.31. The molecule has 3 heterocycles. The van der Waals surface area contributed by atoms with E-state index in [1.54, 1.807) is 18.3 Å². The van der Waals surface area contributed by atoms with Gasteiger partial charge in [0.25, 0.3) is 5.91 Å². The van der Waals surface area contributed by atoms with Crippen LogP contribution in [0.4, 0.5) is 5.82 Å². The molecule has 4 rings (SSSR count). The van der Waals surface area contributed by atoms with E-state index in [1.807, 2.05) is 12.1 Å². The van der Waals surface area contributed by atoms with Crippen molar-refractivity contribution in [1.29, 1.82) is 0 Å². The van der Waals surface area contributed by atoms with Crippen molar-refractivity contribution >= 4 is 22.6 Å². The number of carbonyl (C=O) groups excluding carboxylic acids is 1. The minimum atomic E-state index is -0.0902. The van der Waals surface area contributed by atoms with E-state index in [-0.39, 0.29) is 12.0 Å². The number of para-hydroxylation sites is 1. The lowest BCUT2D eigenvalue weighted by molar-refractivity contribution is 0.0857. The van der Waals surface area contributed by atoms with Crippen LogP contribution in [0.15, 0.2) is 48.8 Å². The first-order chi connectivity index (χ1) is 13.3. The largest absolute Gasteiger partial charge is 0.376 e. The van der Waals surface area contributed by atoms with Crippen LogP contribution in [0.1, 0.15) is 28.8 Å². The molecule has 0 bridgehead atoms. The molecule has 1 unspecified atom stereocenters. The average molecular weight is 364 g/mol. The van der Waals surface area contributed by atoms with Gasteiger partial charge in [-0.15, -0.1) is 0 Å². The Hall–Kier alpha value is -2.86. The van der Waals surface area contributed by atoms with Crippen molar-refractivity contribution in [3.05, 3.63) is 59.9 Å². The molecular weight excluding hydrogens is 340 g/mol. The number of nitrogens with zero attached hydrogens (tertiary/aromatic N) is 1. The number of benzene rings is 1. The van der Waals surface area contributed by atoms with Gasteiger partial charge >= 0.3 is 0 Å². The third-order valence-electron chi connectivity index (χ3n) is 4.91. The number of fused-ring (bicyclic) bond motifs is 1. The lowest BCUT2D eigenvalue weighted by Gasteiger charge is -2.11. The Balaban J connectivity index is 1.31. The number of rotatable bonds is 7. The van der Waals surface area contributed by atoms with E-state index in [2.05, 4.69) is 38.9 Å². The second-order valence-corrected chi connectivity index (χ2v) is 6.81. The molecule has 1 atom stereocenters. The molecule has 2 aromatic heterocycles. The molecule has 1 fully saturated rings. The van der Waals surface area contributed by atoms with Crippen molar-refractivity contribution in [1.82, 2.24) is 15.3 Å². The number of aromatic nitrogens is 2. The first-order valence-electron chi connectivity index (χ1n) is 9.44. The summed E-state index contributed by atoms with van der Waals surface area (Å²) in [6, 6.07) is 11.8. The molecule has 0 saturated carbocycles. The first kappa shape index (κ1) is 17.5. The van der Waals surface area contributed by atoms with Crippen molar-refractivity contribution in [2.75, 3.05) is 25.0 Å². The number of pyridine rings is 1. The van der Waals surface area contributed by atoms with Gasteiger partial charge in [0.15, 0.2) is 0 Å². The molecule has 0 radical (unpaired) electrons. The molecule has 1 aromatic carbocycles. The highest BCUT2D eigenvalue weighted by Crippen LogP contribution is 2.18. The predicted molar refractivity (Wildman–Crippen MR) is 106 cm³/mol. The van der Waals surface area contributed by atoms with Gasteiger partial charge in [0.2, 0.25) is 0 Å². The Labute approximate surface area is 158 Å². The Bertz CT molecular complexity index is 915. The van der Waals surface area contributed by atoms with Gasteiger partial charge in [-0.2, -0.15) is 0 Å². The summed E-state index contributed by atoms with van der Waals surface area (Å²) in [5.41, 5.74) is 3.02. The van der Waals surface area contributed by atoms with Crippen molar-refractivity contribution in [3.8, 4) is 0 Å². The van der Waals surface area contributed by atoms with Crippen LogP contribution in [-0.4, -0.2) is 41.7 Å². The maximum atomic E-state index is 12.3. The normalized spacial score (nSPS) is 16.5. The number of carbonyl (C=O) groups is 1. The summed E-state index contributed by atoms with van der Waals surface area (Å²) < 4.78 is 5.54.